The van der Waals surface area contributed by atoms with Crippen LogP contribution in [-0.2, 0) is 19.6 Å². The molecule has 3 N–H and O–H groups in total. The number of aromatic nitrogens is 2. The largest absolute Gasteiger partial charge is 0.325 e. The van der Waals surface area contributed by atoms with Crippen LogP contribution in [0.5, 0.6) is 0 Å². The topological polar surface area (TPSA) is 55.9 Å². The van der Waals surface area contributed by atoms with Gasteiger partial charge in [0.1, 0.15) is 0 Å². The number of rotatable bonds is 2. The zero-order valence-electron chi connectivity index (χ0n) is 12.0. The monoisotopic (exact) mass is 272 g/mol. The van der Waals surface area contributed by atoms with Gasteiger partial charge in [-0.2, -0.15) is 5.10 Å². The summed E-state index contributed by atoms with van der Waals surface area (Å²) < 4.78 is 2.39. The third-order valence-electron chi connectivity index (χ3n) is 6.45. The van der Waals surface area contributed by atoms with Gasteiger partial charge in [-0.3, -0.25) is 4.68 Å². The molecule has 108 valence electrons. The summed E-state index contributed by atoms with van der Waals surface area (Å²) in [7, 11) is 0. The maximum atomic E-state index is 6.07. The fourth-order valence-electron chi connectivity index (χ4n) is 5.97. The molecule has 6 rings (SSSR count). The van der Waals surface area contributed by atoms with E-state index in [1.54, 1.807) is 0 Å². The van der Waals surface area contributed by atoms with E-state index in [1.807, 2.05) is 0 Å². The Balaban J connectivity index is 1.57. The number of nitrogens with zero attached hydrogens (tertiary/aromatic N) is 2. The number of hydrogen-bond acceptors (Lipinski definition) is 3. The second-order valence-corrected chi connectivity index (χ2v) is 7.55. The molecule has 0 atom stereocenters. The second kappa shape index (κ2) is 4.08. The SMILES string of the molecule is NCc1c2c(nn1C1C3CC4CC(C3)CC1C4)CNC2. The van der Waals surface area contributed by atoms with Gasteiger partial charge < -0.3 is 11.1 Å². The van der Waals surface area contributed by atoms with Gasteiger partial charge in [0, 0.05) is 25.2 Å². The molecule has 2 heterocycles. The lowest BCUT2D eigenvalue weighted by molar-refractivity contribution is -0.0348. The van der Waals surface area contributed by atoms with Gasteiger partial charge in [-0.25, -0.2) is 0 Å². The van der Waals surface area contributed by atoms with Crippen LogP contribution in [0.2, 0.25) is 0 Å². The van der Waals surface area contributed by atoms with Crippen molar-refractivity contribution in [2.75, 3.05) is 0 Å². The highest BCUT2D eigenvalue weighted by Crippen LogP contribution is 2.58. The summed E-state index contributed by atoms with van der Waals surface area (Å²) in [5.41, 5.74) is 10.1. The zero-order valence-corrected chi connectivity index (χ0v) is 12.0. The van der Waals surface area contributed by atoms with E-state index < -0.39 is 0 Å². The highest BCUT2D eigenvalue weighted by atomic mass is 15.3. The number of nitrogens with two attached hydrogens (primary N) is 1. The van der Waals surface area contributed by atoms with Crippen molar-refractivity contribution in [1.82, 2.24) is 15.1 Å². The van der Waals surface area contributed by atoms with Gasteiger partial charge in [0.2, 0.25) is 0 Å². The maximum Gasteiger partial charge on any atom is 0.0811 e. The lowest BCUT2D eigenvalue weighted by atomic mass is 9.54. The molecule has 0 spiro atoms. The van der Waals surface area contributed by atoms with Crippen molar-refractivity contribution in [2.24, 2.45) is 29.4 Å². The smallest absolute Gasteiger partial charge is 0.0811 e. The van der Waals surface area contributed by atoms with Crippen molar-refractivity contribution in [3.8, 4) is 0 Å². The van der Waals surface area contributed by atoms with Gasteiger partial charge in [-0.1, -0.05) is 0 Å². The first-order valence-electron chi connectivity index (χ1n) is 8.33. The lowest BCUT2D eigenvalue weighted by Crippen LogP contribution is -2.46. The molecule has 0 radical (unpaired) electrons. The van der Waals surface area contributed by atoms with E-state index >= 15 is 0 Å². The summed E-state index contributed by atoms with van der Waals surface area (Å²) in [6.45, 7) is 2.55. The van der Waals surface area contributed by atoms with E-state index in [9.17, 15) is 0 Å². The van der Waals surface area contributed by atoms with E-state index in [4.69, 9.17) is 10.8 Å². The van der Waals surface area contributed by atoms with Crippen molar-refractivity contribution in [2.45, 2.75) is 57.8 Å². The van der Waals surface area contributed by atoms with Gasteiger partial charge in [0.05, 0.1) is 17.4 Å². The Bertz CT molecular complexity index is 519. The summed E-state index contributed by atoms with van der Waals surface area (Å²) in [5, 5.41) is 8.39. The predicted molar refractivity (Wildman–Crippen MR) is 76.7 cm³/mol. The van der Waals surface area contributed by atoms with Crippen LogP contribution >= 0.6 is 0 Å². The summed E-state index contributed by atoms with van der Waals surface area (Å²) in [6.07, 6.45) is 7.31. The van der Waals surface area contributed by atoms with Crippen LogP contribution in [0.1, 0.15) is 55.1 Å². The minimum absolute atomic E-state index is 0.646. The molecular formula is C16H24N4. The van der Waals surface area contributed by atoms with E-state index in [0.717, 1.165) is 36.8 Å². The van der Waals surface area contributed by atoms with Gasteiger partial charge in [-0.05, 0) is 55.8 Å². The van der Waals surface area contributed by atoms with Crippen molar-refractivity contribution in [3.05, 3.63) is 17.0 Å². The Morgan fingerprint density at radius 3 is 2.40 bits per heavy atom. The number of nitrogens with one attached hydrogen (secondary N) is 1. The summed E-state index contributed by atoms with van der Waals surface area (Å²) in [5.74, 6) is 3.81. The van der Waals surface area contributed by atoms with E-state index in [0.29, 0.717) is 12.6 Å². The predicted octanol–water partition coefficient (Wildman–Crippen LogP) is 1.94. The summed E-state index contributed by atoms with van der Waals surface area (Å²) in [4.78, 5) is 0. The van der Waals surface area contributed by atoms with Crippen molar-refractivity contribution < 1.29 is 0 Å². The van der Waals surface area contributed by atoms with Crippen LogP contribution < -0.4 is 11.1 Å². The van der Waals surface area contributed by atoms with Crippen LogP contribution in [0.15, 0.2) is 0 Å². The molecule has 0 amide bonds. The third-order valence-corrected chi connectivity index (χ3v) is 6.45. The van der Waals surface area contributed by atoms with Crippen LogP contribution in [-0.4, -0.2) is 9.78 Å². The average molecular weight is 272 g/mol. The Hall–Kier alpha value is -0.870. The highest BCUT2D eigenvalue weighted by molar-refractivity contribution is 5.30. The van der Waals surface area contributed by atoms with Crippen molar-refractivity contribution in [1.29, 1.82) is 0 Å². The number of hydrogen-bond donors (Lipinski definition) is 2. The normalized spacial score (nSPS) is 41.4. The van der Waals surface area contributed by atoms with Gasteiger partial charge >= 0.3 is 0 Å². The molecule has 1 aromatic heterocycles. The lowest BCUT2D eigenvalue weighted by Gasteiger charge is -2.54. The molecule has 20 heavy (non-hydrogen) atoms. The fourth-order valence-corrected chi connectivity index (χ4v) is 5.97. The molecule has 1 aliphatic heterocycles. The second-order valence-electron chi connectivity index (χ2n) is 7.55. The summed E-state index contributed by atoms with van der Waals surface area (Å²) in [6, 6.07) is 0.659. The molecule has 4 aliphatic carbocycles. The molecule has 5 aliphatic rings. The number of fused-ring (bicyclic) bond motifs is 1. The Kier molecular flexibility index (Phi) is 2.40. The van der Waals surface area contributed by atoms with E-state index in [-0.39, 0.29) is 0 Å². The molecule has 4 saturated carbocycles. The van der Waals surface area contributed by atoms with Crippen molar-refractivity contribution >= 4 is 0 Å². The third kappa shape index (κ3) is 1.47. The van der Waals surface area contributed by atoms with Gasteiger partial charge in [0.25, 0.3) is 0 Å². The van der Waals surface area contributed by atoms with Crippen LogP contribution in [0.3, 0.4) is 0 Å². The van der Waals surface area contributed by atoms with E-state index in [1.165, 1.54) is 49.1 Å². The van der Waals surface area contributed by atoms with Crippen LogP contribution in [0.4, 0.5) is 0 Å². The van der Waals surface area contributed by atoms with Crippen LogP contribution in [0.25, 0.3) is 0 Å². The molecule has 0 aromatic carbocycles. The van der Waals surface area contributed by atoms with E-state index in [2.05, 4.69) is 10.00 Å². The van der Waals surface area contributed by atoms with Crippen molar-refractivity contribution in [3.63, 3.8) is 0 Å². The Labute approximate surface area is 120 Å². The molecular weight excluding hydrogens is 248 g/mol. The zero-order chi connectivity index (χ0) is 13.3. The van der Waals surface area contributed by atoms with Crippen LogP contribution in [0, 0.1) is 23.7 Å². The first-order valence-corrected chi connectivity index (χ1v) is 8.33. The summed E-state index contributed by atoms with van der Waals surface area (Å²) >= 11 is 0. The maximum absolute atomic E-state index is 6.07. The first-order chi connectivity index (χ1) is 9.83. The molecule has 4 fully saturated rings. The Morgan fingerprint density at radius 1 is 1.05 bits per heavy atom. The fraction of sp³-hybridized carbons (Fsp3) is 0.812. The minimum Gasteiger partial charge on any atom is -0.325 e. The highest BCUT2D eigenvalue weighted by Gasteiger charge is 2.49. The molecule has 0 unspecified atom stereocenters. The molecule has 1 aromatic rings. The van der Waals surface area contributed by atoms with Gasteiger partial charge in [0.15, 0.2) is 0 Å². The quantitative estimate of drug-likeness (QED) is 0.865. The Morgan fingerprint density at radius 2 is 1.75 bits per heavy atom. The standard InChI is InChI=1S/C16H24N4/c17-6-15-13-7-18-8-14(13)19-20(15)16-11-2-9-1-10(4-11)5-12(16)3-9/h9-12,16,18H,1-8,17H2. The molecule has 0 saturated heterocycles. The molecule has 4 heteroatoms. The first kappa shape index (κ1) is 11.8. The van der Waals surface area contributed by atoms with Gasteiger partial charge in [-0.15, -0.1) is 0 Å². The average Bonchev–Trinajstić information content (AvgIpc) is 2.97. The molecule has 4 nitrogen and oxygen atoms in total. The molecule has 4 bridgehead atoms. The minimum atomic E-state index is 0.646.